The maximum Gasteiger partial charge on any atom is 0.141 e. The number of para-hydroxylation sites is 2. The average Bonchev–Trinajstić information content (AvgIpc) is 2.99. The van der Waals surface area contributed by atoms with Gasteiger partial charge >= 0.3 is 0 Å². The number of hydrogen-bond acceptors (Lipinski definition) is 2. The summed E-state index contributed by atoms with van der Waals surface area (Å²) < 4.78 is 0. The Balaban J connectivity index is 1.63. The van der Waals surface area contributed by atoms with Gasteiger partial charge in [-0.05, 0) is 47.2 Å². The molecular formula is C32H32N2. The summed E-state index contributed by atoms with van der Waals surface area (Å²) in [5.41, 5.74) is 11.7. The van der Waals surface area contributed by atoms with Crippen LogP contribution in [0.4, 0.5) is 17.2 Å². The van der Waals surface area contributed by atoms with Gasteiger partial charge in [-0.25, -0.2) is 4.98 Å². The standard InChI is InChI=1S/C32H32N2/c1-4-5-6-7-12-22-18-19-23-24-13-8-9-17-29(24)34-30-25(26(23)21-22)14-10-15-27(30)32(2,3)28-16-11-20-33-31(28)34/h8-11,13-21H,4-7,12H2,1-3H3. The van der Waals surface area contributed by atoms with Crippen molar-refractivity contribution in [2.24, 2.45) is 0 Å². The lowest BCUT2D eigenvalue weighted by Gasteiger charge is -2.41. The van der Waals surface area contributed by atoms with Gasteiger partial charge < -0.3 is 0 Å². The smallest absolute Gasteiger partial charge is 0.141 e. The van der Waals surface area contributed by atoms with Crippen LogP contribution in [0.5, 0.6) is 0 Å². The molecule has 0 unspecified atom stereocenters. The van der Waals surface area contributed by atoms with Crippen molar-refractivity contribution in [3.05, 3.63) is 95.7 Å². The Morgan fingerprint density at radius 1 is 0.735 bits per heavy atom. The van der Waals surface area contributed by atoms with E-state index in [-0.39, 0.29) is 5.41 Å². The topological polar surface area (TPSA) is 16.1 Å². The number of anilines is 3. The molecule has 0 atom stereocenters. The Hall–Kier alpha value is -3.39. The van der Waals surface area contributed by atoms with E-state index < -0.39 is 0 Å². The number of benzene rings is 3. The number of rotatable bonds is 5. The van der Waals surface area contributed by atoms with Crippen molar-refractivity contribution in [2.45, 2.75) is 58.3 Å². The highest BCUT2D eigenvalue weighted by Crippen LogP contribution is 2.58. The normalized spacial score (nSPS) is 14.5. The van der Waals surface area contributed by atoms with Gasteiger partial charge in [0.2, 0.25) is 0 Å². The second-order valence-electron chi connectivity index (χ2n) is 10.2. The lowest BCUT2D eigenvalue weighted by atomic mass is 9.73. The number of hydrogen-bond donors (Lipinski definition) is 0. The summed E-state index contributed by atoms with van der Waals surface area (Å²) in [4.78, 5) is 7.36. The molecule has 0 radical (unpaired) electrons. The molecule has 1 aromatic heterocycles. The Labute approximate surface area is 203 Å². The first kappa shape index (κ1) is 21.2. The molecule has 3 aromatic carbocycles. The average molecular weight is 445 g/mol. The summed E-state index contributed by atoms with van der Waals surface area (Å²) in [6.45, 7) is 6.95. The van der Waals surface area contributed by atoms with Crippen molar-refractivity contribution in [1.29, 1.82) is 0 Å². The molecular weight excluding hydrogens is 412 g/mol. The van der Waals surface area contributed by atoms with Gasteiger partial charge in [0, 0.05) is 28.3 Å². The summed E-state index contributed by atoms with van der Waals surface area (Å²) >= 11 is 0. The third-order valence-electron chi connectivity index (χ3n) is 7.73. The van der Waals surface area contributed by atoms with Gasteiger partial charge in [0.1, 0.15) is 5.82 Å². The van der Waals surface area contributed by atoms with Gasteiger partial charge in [0.25, 0.3) is 0 Å². The zero-order chi connectivity index (χ0) is 23.3. The zero-order valence-corrected chi connectivity index (χ0v) is 20.4. The molecule has 0 amide bonds. The number of pyridine rings is 1. The fourth-order valence-electron chi connectivity index (χ4n) is 5.91. The summed E-state index contributed by atoms with van der Waals surface area (Å²) in [6, 6.07) is 27.1. The molecule has 170 valence electrons. The van der Waals surface area contributed by atoms with Crippen molar-refractivity contribution in [2.75, 3.05) is 4.90 Å². The van der Waals surface area contributed by atoms with Crippen LogP contribution in [-0.2, 0) is 11.8 Å². The minimum absolute atomic E-state index is 0.122. The molecule has 2 aliphatic heterocycles. The number of aromatic nitrogens is 1. The van der Waals surface area contributed by atoms with E-state index in [1.807, 2.05) is 6.20 Å². The predicted octanol–water partition coefficient (Wildman–Crippen LogP) is 8.96. The molecule has 0 fully saturated rings. The minimum atomic E-state index is -0.122. The Bertz CT molecular complexity index is 1380. The van der Waals surface area contributed by atoms with Crippen molar-refractivity contribution < 1.29 is 0 Å². The Morgan fingerprint density at radius 2 is 1.56 bits per heavy atom. The van der Waals surface area contributed by atoms with Crippen LogP contribution in [0.2, 0.25) is 0 Å². The monoisotopic (exact) mass is 444 g/mol. The molecule has 0 saturated heterocycles. The number of unbranched alkanes of at least 4 members (excludes halogenated alkanes) is 3. The van der Waals surface area contributed by atoms with E-state index in [0.29, 0.717) is 0 Å². The first-order chi connectivity index (χ1) is 16.6. The van der Waals surface area contributed by atoms with Gasteiger partial charge in [-0.2, -0.15) is 0 Å². The van der Waals surface area contributed by atoms with Crippen LogP contribution in [0, 0.1) is 0 Å². The van der Waals surface area contributed by atoms with Crippen molar-refractivity contribution >= 4 is 17.2 Å². The van der Waals surface area contributed by atoms with Gasteiger partial charge in [0.05, 0.1) is 11.4 Å². The van der Waals surface area contributed by atoms with Crippen molar-refractivity contribution in [3.63, 3.8) is 0 Å². The fourth-order valence-corrected chi connectivity index (χ4v) is 5.91. The van der Waals surface area contributed by atoms with E-state index in [2.05, 4.69) is 98.5 Å². The van der Waals surface area contributed by atoms with Crippen LogP contribution in [-0.4, -0.2) is 4.98 Å². The molecule has 6 rings (SSSR count). The molecule has 0 aliphatic carbocycles. The van der Waals surface area contributed by atoms with Crippen LogP contribution in [0.15, 0.2) is 79.0 Å². The maximum absolute atomic E-state index is 4.95. The fraction of sp³-hybridized carbons (Fsp3) is 0.281. The summed E-state index contributed by atoms with van der Waals surface area (Å²) in [6.07, 6.45) is 8.23. The third kappa shape index (κ3) is 3.12. The molecule has 3 heterocycles. The second-order valence-corrected chi connectivity index (χ2v) is 10.2. The molecule has 4 aromatic rings. The minimum Gasteiger partial charge on any atom is -0.293 e. The van der Waals surface area contributed by atoms with Crippen LogP contribution in [0.3, 0.4) is 0 Å². The van der Waals surface area contributed by atoms with Crippen LogP contribution in [0.25, 0.3) is 22.3 Å². The first-order valence-corrected chi connectivity index (χ1v) is 12.7. The second kappa shape index (κ2) is 8.13. The molecule has 0 bridgehead atoms. The summed E-state index contributed by atoms with van der Waals surface area (Å²) in [5, 5.41) is 0. The highest BCUT2D eigenvalue weighted by Gasteiger charge is 2.41. The quantitative estimate of drug-likeness (QED) is 0.251. The molecule has 0 saturated carbocycles. The predicted molar refractivity (Wildman–Crippen MR) is 143 cm³/mol. The largest absolute Gasteiger partial charge is 0.293 e. The van der Waals surface area contributed by atoms with E-state index in [1.54, 1.807) is 0 Å². The van der Waals surface area contributed by atoms with Crippen molar-refractivity contribution in [1.82, 2.24) is 4.98 Å². The number of aryl methyl sites for hydroxylation is 1. The lowest BCUT2D eigenvalue weighted by molar-refractivity contribution is 0.628. The Morgan fingerprint density at radius 3 is 2.44 bits per heavy atom. The van der Waals surface area contributed by atoms with E-state index in [0.717, 1.165) is 12.2 Å². The van der Waals surface area contributed by atoms with Gasteiger partial charge in [-0.1, -0.05) is 101 Å². The number of fused-ring (bicyclic) bond motifs is 7. The molecule has 0 N–H and O–H groups in total. The van der Waals surface area contributed by atoms with E-state index in [9.17, 15) is 0 Å². The van der Waals surface area contributed by atoms with Gasteiger partial charge in [-0.15, -0.1) is 0 Å². The molecule has 2 nitrogen and oxygen atoms in total. The third-order valence-corrected chi connectivity index (χ3v) is 7.73. The highest BCUT2D eigenvalue weighted by atomic mass is 15.2. The van der Waals surface area contributed by atoms with Crippen LogP contribution >= 0.6 is 0 Å². The summed E-state index contributed by atoms with van der Waals surface area (Å²) in [5.74, 6) is 1.05. The summed E-state index contributed by atoms with van der Waals surface area (Å²) in [7, 11) is 0. The van der Waals surface area contributed by atoms with Crippen LogP contribution < -0.4 is 4.90 Å². The van der Waals surface area contributed by atoms with Gasteiger partial charge in [-0.3, -0.25) is 4.90 Å². The number of nitrogens with zero attached hydrogens (tertiary/aromatic N) is 2. The van der Waals surface area contributed by atoms with Crippen molar-refractivity contribution in [3.8, 4) is 22.3 Å². The SMILES string of the molecule is CCCCCCc1ccc2c(c1)-c1cccc3c1N(c1ccccc1-2)c1ncccc1C3(C)C. The van der Waals surface area contributed by atoms with Crippen LogP contribution in [0.1, 0.15) is 63.1 Å². The molecule has 2 aliphatic rings. The molecule has 0 spiro atoms. The van der Waals surface area contributed by atoms with E-state index in [1.165, 1.54) is 76.0 Å². The highest BCUT2D eigenvalue weighted by molar-refractivity contribution is 6.04. The van der Waals surface area contributed by atoms with E-state index in [4.69, 9.17) is 4.98 Å². The van der Waals surface area contributed by atoms with E-state index >= 15 is 0 Å². The molecule has 2 heteroatoms. The van der Waals surface area contributed by atoms with Gasteiger partial charge in [0.15, 0.2) is 0 Å². The maximum atomic E-state index is 4.95. The first-order valence-electron chi connectivity index (χ1n) is 12.7. The zero-order valence-electron chi connectivity index (χ0n) is 20.4. The Kier molecular flexibility index (Phi) is 5.06. The molecule has 34 heavy (non-hydrogen) atoms. The lowest BCUT2D eigenvalue weighted by Crippen LogP contribution is -2.31.